The molecule has 7 nitrogen and oxygen atoms in total. The fourth-order valence-electron chi connectivity index (χ4n) is 2.17. The minimum absolute atomic E-state index is 0.405. The van der Waals surface area contributed by atoms with Crippen molar-refractivity contribution in [1.82, 2.24) is 5.32 Å². The number of hydrogen-bond donors (Lipinski definition) is 3. The lowest BCUT2D eigenvalue weighted by Crippen LogP contribution is -2.35. The van der Waals surface area contributed by atoms with E-state index in [0.29, 0.717) is 36.5 Å². The Kier molecular flexibility index (Phi) is 6.09. The summed E-state index contributed by atoms with van der Waals surface area (Å²) < 4.78 is 30.4. The van der Waals surface area contributed by atoms with Crippen molar-refractivity contribution < 1.29 is 13.2 Å². The molecular formula is C15H24N4O3S. The zero-order valence-corrected chi connectivity index (χ0v) is 14.1. The van der Waals surface area contributed by atoms with Gasteiger partial charge in [-0.3, -0.25) is 9.71 Å². The van der Waals surface area contributed by atoms with Crippen molar-refractivity contribution in [1.29, 1.82) is 0 Å². The van der Waals surface area contributed by atoms with Crippen LogP contribution in [0.25, 0.3) is 0 Å². The maximum absolute atomic E-state index is 11.2. The molecule has 0 radical (unpaired) electrons. The first kappa shape index (κ1) is 17.4. The van der Waals surface area contributed by atoms with Gasteiger partial charge in [-0.25, -0.2) is 8.42 Å². The van der Waals surface area contributed by atoms with E-state index in [4.69, 9.17) is 10.5 Å². The van der Waals surface area contributed by atoms with Crippen LogP contribution in [0.5, 0.6) is 5.75 Å². The molecule has 8 heteroatoms. The van der Waals surface area contributed by atoms with Crippen LogP contribution < -0.4 is 20.5 Å². The van der Waals surface area contributed by atoms with E-state index >= 15 is 0 Å². The summed E-state index contributed by atoms with van der Waals surface area (Å²) in [6.07, 6.45) is 4.90. The highest BCUT2D eigenvalue weighted by Gasteiger charge is 2.16. The lowest BCUT2D eigenvalue weighted by atomic mass is 9.86. The first-order chi connectivity index (χ1) is 10.9. The van der Waals surface area contributed by atoms with Gasteiger partial charge in [-0.1, -0.05) is 12.5 Å². The van der Waals surface area contributed by atoms with Crippen LogP contribution in [0.1, 0.15) is 19.3 Å². The van der Waals surface area contributed by atoms with Crippen LogP contribution in [0.3, 0.4) is 0 Å². The molecule has 0 atom stereocenters. The second kappa shape index (κ2) is 8.05. The summed E-state index contributed by atoms with van der Waals surface area (Å²) in [6.45, 7) is 1.73. The summed E-state index contributed by atoms with van der Waals surface area (Å²) in [6, 6.07) is 6.79. The molecule has 1 fully saturated rings. The normalized spacial score (nSPS) is 15.8. The average Bonchev–Trinajstić information content (AvgIpc) is 2.40. The number of aliphatic imine (C=N–C) groups is 1. The van der Waals surface area contributed by atoms with Crippen molar-refractivity contribution in [3.63, 3.8) is 0 Å². The fraction of sp³-hybridized carbons (Fsp3) is 0.533. The lowest BCUT2D eigenvalue weighted by Gasteiger charge is -2.23. The summed E-state index contributed by atoms with van der Waals surface area (Å²) >= 11 is 0. The second-order valence-corrected chi connectivity index (χ2v) is 7.45. The SMILES string of the molecule is CS(=O)(=O)Nc1cccc(OCCNC(N)=NCC2CCC2)c1. The van der Waals surface area contributed by atoms with Crippen LogP contribution >= 0.6 is 0 Å². The molecule has 1 saturated carbocycles. The van der Waals surface area contributed by atoms with Crippen LogP contribution in [0.2, 0.25) is 0 Å². The largest absolute Gasteiger partial charge is 0.492 e. The van der Waals surface area contributed by atoms with Crippen molar-refractivity contribution in [2.24, 2.45) is 16.6 Å². The highest BCUT2D eigenvalue weighted by molar-refractivity contribution is 7.92. The summed E-state index contributed by atoms with van der Waals surface area (Å²) in [7, 11) is -3.29. The summed E-state index contributed by atoms with van der Waals surface area (Å²) in [4.78, 5) is 4.30. The molecule has 1 aromatic rings. The molecule has 0 amide bonds. The zero-order chi connectivity index (χ0) is 16.7. The Hall–Kier alpha value is -1.96. The molecule has 0 spiro atoms. The van der Waals surface area contributed by atoms with Gasteiger partial charge in [0.05, 0.1) is 18.5 Å². The van der Waals surface area contributed by atoms with E-state index in [1.807, 2.05) is 0 Å². The van der Waals surface area contributed by atoms with Crippen molar-refractivity contribution in [3.8, 4) is 5.75 Å². The van der Waals surface area contributed by atoms with Gasteiger partial charge >= 0.3 is 0 Å². The summed E-state index contributed by atoms with van der Waals surface area (Å²) in [5.74, 6) is 1.72. The van der Waals surface area contributed by atoms with E-state index in [-0.39, 0.29) is 0 Å². The third-order valence-electron chi connectivity index (χ3n) is 3.56. The molecule has 23 heavy (non-hydrogen) atoms. The number of nitrogens with two attached hydrogens (primary N) is 1. The molecule has 0 aliphatic heterocycles. The number of sulfonamides is 1. The summed E-state index contributed by atoms with van der Waals surface area (Å²) in [5, 5.41) is 3.00. The number of anilines is 1. The molecule has 0 unspecified atom stereocenters. The highest BCUT2D eigenvalue weighted by atomic mass is 32.2. The lowest BCUT2D eigenvalue weighted by molar-refractivity contribution is 0.320. The standard InChI is InChI=1S/C15H24N4O3S/c1-23(20,21)19-13-6-3-7-14(10-13)22-9-8-17-15(16)18-11-12-4-2-5-12/h3,6-7,10,12,19H,2,4-5,8-9,11H2,1H3,(H3,16,17,18). The highest BCUT2D eigenvalue weighted by Crippen LogP contribution is 2.26. The number of benzene rings is 1. The van der Waals surface area contributed by atoms with Crippen LogP contribution in [0, 0.1) is 5.92 Å². The molecule has 4 N–H and O–H groups in total. The summed E-state index contributed by atoms with van der Waals surface area (Å²) in [5.41, 5.74) is 6.25. The van der Waals surface area contributed by atoms with Crippen LogP contribution in [-0.2, 0) is 10.0 Å². The van der Waals surface area contributed by atoms with E-state index in [0.717, 1.165) is 12.8 Å². The third-order valence-corrected chi connectivity index (χ3v) is 4.17. The van der Waals surface area contributed by atoms with Gasteiger partial charge in [0.2, 0.25) is 10.0 Å². The quantitative estimate of drug-likeness (QED) is 0.374. The predicted molar refractivity (Wildman–Crippen MR) is 92.2 cm³/mol. The monoisotopic (exact) mass is 340 g/mol. The molecule has 1 aliphatic rings. The number of nitrogens with one attached hydrogen (secondary N) is 2. The van der Waals surface area contributed by atoms with Crippen LogP contribution in [-0.4, -0.2) is 40.3 Å². The van der Waals surface area contributed by atoms with Crippen LogP contribution in [0.15, 0.2) is 29.3 Å². The van der Waals surface area contributed by atoms with E-state index in [1.165, 1.54) is 19.3 Å². The maximum Gasteiger partial charge on any atom is 0.229 e. The third kappa shape index (κ3) is 6.77. The van der Waals surface area contributed by atoms with E-state index in [2.05, 4.69) is 15.0 Å². The van der Waals surface area contributed by atoms with Gasteiger partial charge in [-0.15, -0.1) is 0 Å². The van der Waals surface area contributed by atoms with Gasteiger partial charge in [-0.2, -0.15) is 0 Å². The first-order valence-corrected chi connectivity index (χ1v) is 9.56. The average molecular weight is 340 g/mol. The fourth-order valence-corrected chi connectivity index (χ4v) is 2.73. The van der Waals surface area contributed by atoms with Gasteiger partial charge in [-0.05, 0) is 30.9 Å². The van der Waals surface area contributed by atoms with Crippen molar-refractivity contribution in [2.75, 3.05) is 30.7 Å². The Bertz CT molecular complexity index is 642. The maximum atomic E-state index is 11.2. The van der Waals surface area contributed by atoms with E-state index in [9.17, 15) is 8.42 Å². The predicted octanol–water partition coefficient (Wildman–Crippen LogP) is 1.14. The number of rotatable bonds is 8. The molecule has 2 rings (SSSR count). The minimum Gasteiger partial charge on any atom is -0.492 e. The Morgan fingerprint density at radius 2 is 2.22 bits per heavy atom. The molecule has 0 bridgehead atoms. The molecule has 1 aliphatic carbocycles. The van der Waals surface area contributed by atoms with Crippen molar-refractivity contribution >= 4 is 21.7 Å². The van der Waals surface area contributed by atoms with Crippen molar-refractivity contribution in [3.05, 3.63) is 24.3 Å². The van der Waals surface area contributed by atoms with Gasteiger partial charge in [0, 0.05) is 12.6 Å². The molecule has 1 aromatic carbocycles. The Morgan fingerprint density at radius 1 is 1.43 bits per heavy atom. The van der Waals surface area contributed by atoms with Gasteiger partial charge < -0.3 is 15.8 Å². The molecule has 128 valence electrons. The second-order valence-electron chi connectivity index (χ2n) is 5.70. The Morgan fingerprint density at radius 3 is 2.87 bits per heavy atom. The Labute approximate surface area is 137 Å². The van der Waals surface area contributed by atoms with Crippen LogP contribution in [0.4, 0.5) is 5.69 Å². The number of nitrogens with zero attached hydrogens (tertiary/aromatic N) is 1. The number of guanidine groups is 1. The minimum atomic E-state index is -3.29. The molecule has 0 heterocycles. The molecular weight excluding hydrogens is 316 g/mol. The number of ether oxygens (including phenoxy) is 1. The topological polar surface area (TPSA) is 106 Å². The Balaban J connectivity index is 1.70. The van der Waals surface area contributed by atoms with Crippen molar-refractivity contribution in [2.45, 2.75) is 19.3 Å². The van der Waals surface area contributed by atoms with E-state index in [1.54, 1.807) is 24.3 Å². The first-order valence-electron chi connectivity index (χ1n) is 7.67. The van der Waals surface area contributed by atoms with Gasteiger partial charge in [0.15, 0.2) is 5.96 Å². The number of hydrogen-bond acceptors (Lipinski definition) is 4. The van der Waals surface area contributed by atoms with E-state index < -0.39 is 10.0 Å². The zero-order valence-electron chi connectivity index (χ0n) is 13.3. The smallest absolute Gasteiger partial charge is 0.229 e. The van der Waals surface area contributed by atoms with Gasteiger partial charge in [0.25, 0.3) is 0 Å². The molecule has 0 saturated heterocycles. The molecule has 0 aromatic heterocycles. The van der Waals surface area contributed by atoms with Gasteiger partial charge in [0.1, 0.15) is 12.4 Å².